The zero-order chi connectivity index (χ0) is 11.5. The first-order valence-electron chi connectivity index (χ1n) is 5.78. The van der Waals surface area contributed by atoms with Crippen molar-refractivity contribution in [1.29, 1.82) is 0 Å². The zero-order valence-corrected chi connectivity index (χ0v) is 9.91. The molecule has 1 amide bonds. The van der Waals surface area contributed by atoms with Crippen LogP contribution in [0.3, 0.4) is 0 Å². The van der Waals surface area contributed by atoms with Crippen molar-refractivity contribution in [3.63, 3.8) is 0 Å². The highest BCUT2D eigenvalue weighted by Gasteiger charge is 2.32. The minimum atomic E-state index is -0.274. The Kier molecular flexibility index (Phi) is 3.82. The standard InChI is InChI=1S/C11H16ClNO3/c12-10(14)8-3-5-13(6-4-8)11(15)9-2-1-7-16-9/h8-9H,1-7H2. The smallest absolute Gasteiger partial charge is 0.251 e. The number of halogens is 1. The lowest BCUT2D eigenvalue weighted by molar-refractivity contribution is -0.143. The van der Waals surface area contributed by atoms with Gasteiger partial charge >= 0.3 is 0 Å². The van der Waals surface area contributed by atoms with Crippen LogP contribution >= 0.6 is 11.6 Å². The van der Waals surface area contributed by atoms with Crippen LogP contribution in [0.15, 0.2) is 0 Å². The summed E-state index contributed by atoms with van der Waals surface area (Å²) in [4.78, 5) is 24.7. The fourth-order valence-corrected chi connectivity index (χ4v) is 2.52. The zero-order valence-electron chi connectivity index (χ0n) is 9.15. The van der Waals surface area contributed by atoms with E-state index in [1.54, 1.807) is 4.90 Å². The third-order valence-corrected chi connectivity index (χ3v) is 3.64. The van der Waals surface area contributed by atoms with Crippen LogP contribution in [0.2, 0.25) is 0 Å². The Balaban J connectivity index is 1.84. The number of rotatable bonds is 2. The SMILES string of the molecule is O=C(Cl)C1CCN(C(=O)C2CCCO2)CC1. The normalized spacial score (nSPS) is 27.1. The molecule has 0 aromatic heterocycles. The molecule has 0 saturated carbocycles. The van der Waals surface area contributed by atoms with E-state index in [1.807, 2.05) is 0 Å². The number of nitrogens with zero attached hydrogens (tertiary/aromatic N) is 1. The van der Waals surface area contributed by atoms with E-state index in [1.165, 1.54) is 0 Å². The molecule has 2 heterocycles. The second-order valence-electron chi connectivity index (χ2n) is 4.41. The molecule has 1 unspecified atom stereocenters. The largest absolute Gasteiger partial charge is 0.368 e. The monoisotopic (exact) mass is 245 g/mol. The molecule has 16 heavy (non-hydrogen) atoms. The number of hydrogen-bond donors (Lipinski definition) is 0. The predicted molar refractivity (Wildman–Crippen MR) is 59.1 cm³/mol. The molecule has 0 aromatic carbocycles. The number of amides is 1. The molecule has 1 atom stereocenters. The number of likely N-dealkylation sites (tertiary alicyclic amines) is 1. The van der Waals surface area contributed by atoms with E-state index < -0.39 is 0 Å². The molecular weight excluding hydrogens is 230 g/mol. The molecule has 4 nitrogen and oxygen atoms in total. The van der Waals surface area contributed by atoms with Crippen LogP contribution in [0.4, 0.5) is 0 Å². The van der Waals surface area contributed by atoms with Crippen LogP contribution in [0.25, 0.3) is 0 Å². The molecule has 0 aromatic rings. The van der Waals surface area contributed by atoms with E-state index in [0.717, 1.165) is 12.8 Å². The molecule has 0 N–H and O–H groups in total. The van der Waals surface area contributed by atoms with Crippen LogP contribution in [-0.4, -0.2) is 41.8 Å². The highest BCUT2D eigenvalue weighted by molar-refractivity contribution is 6.63. The first kappa shape index (κ1) is 11.9. The van der Waals surface area contributed by atoms with Crippen molar-refractivity contribution in [2.24, 2.45) is 5.92 Å². The van der Waals surface area contributed by atoms with Gasteiger partial charge in [-0.2, -0.15) is 0 Å². The van der Waals surface area contributed by atoms with Crippen molar-refractivity contribution in [2.45, 2.75) is 31.8 Å². The Morgan fingerprint density at radius 1 is 1.19 bits per heavy atom. The van der Waals surface area contributed by atoms with E-state index >= 15 is 0 Å². The quantitative estimate of drug-likeness (QED) is 0.686. The number of ether oxygens (including phenoxy) is 1. The van der Waals surface area contributed by atoms with Gasteiger partial charge in [0.15, 0.2) is 0 Å². The summed E-state index contributed by atoms with van der Waals surface area (Å²) >= 11 is 5.44. The van der Waals surface area contributed by atoms with E-state index in [9.17, 15) is 9.59 Å². The van der Waals surface area contributed by atoms with E-state index in [4.69, 9.17) is 16.3 Å². The van der Waals surface area contributed by atoms with Gasteiger partial charge in [0.1, 0.15) is 6.10 Å². The summed E-state index contributed by atoms with van der Waals surface area (Å²) in [7, 11) is 0. The Labute approximate surface area is 99.9 Å². The van der Waals surface area contributed by atoms with Crippen LogP contribution in [0.5, 0.6) is 0 Å². The van der Waals surface area contributed by atoms with Crippen LogP contribution < -0.4 is 0 Å². The molecule has 0 aliphatic carbocycles. The lowest BCUT2D eigenvalue weighted by Gasteiger charge is -2.31. The van der Waals surface area contributed by atoms with Crippen LogP contribution in [-0.2, 0) is 14.3 Å². The van der Waals surface area contributed by atoms with Gasteiger partial charge in [-0.25, -0.2) is 0 Å². The first-order valence-corrected chi connectivity index (χ1v) is 6.16. The van der Waals surface area contributed by atoms with Crippen molar-refractivity contribution in [3.05, 3.63) is 0 Å². The number of hydrogen-bond acceptors (Lipinski definition) is 3. The Morgan fingerprint density at radius 3 is 2.38 bits per heavy atom. The van der Waals surface area contributed by atoms with Crippen molar-refractivity contribution in [1.82, 2.24) is 4.90 Å². The van der Waals surface area contributed by atoms with E-state index in [0.29, 0.717) is 32.5 Å². The average molecular weight is 246 g/mol. The topological polar surface area (TPSA) is 46.6 Å². The maximum Gasteiger partial charge on any atom is 0.251 e. The van der Waals surface area contributed by atoms with Crippen LogP contribution in [0.1, 0.15) is 25.7 Å². The minimum absolute atomic E-state index is 0.0739. The molecule has 2 aliphatic heterocycles. The summed E-state index contributed by atoms with van der Waals surface area (Å²) in [5, 5.41) is -0.274. The molecule has 2 aliphatic rings. The molecule has 0 radical (unpaired) electrons. The summed E-state index contributed by atoms with van der Waals surface area (Å²) in [5.74, 6) is 0.00758. The van der Waals surface area contributed by atoms with Crippen molar-refractivity contribution < 1.29 is 14.3 Å². The van der Waals surface area contributed by atoms with Crippen LogP contribution in [0, 0.1) is 5.92 Å². The van der Waals surface area contributed by atoms with Gasteiger partial charge in [0.25, 0.3) is 5.91 Å². The molecular formula is C11H16ClNO3. The van der Waals surface area contributed by atoms with Gasteiger partial charge in [-0.3, -0.25) is 9.59 Å². The Hall–Kier alpha value is -0.610. The van der Waals surface area contributed by atoms with Crippen molar-refractivity contribution >= 4 is 22.8 Å². The Bertz CT molecular complexity index is 281. The first-order chi connectivity index (χ1) is 7.68. The summed E-state index contributed by atoms with van der Waals surface area (Å²) in [6.07, 6.45) is 2.91. The lowest BCUT2D eigenvalue weighted by Crippen LogP contribution is -2.44. The van der Waals surface area contributed by atoms with Gasteiger partial charge in [-0.05, 0) is 37.3 Å². The minimum Gasteiger partial charge on any atom is -0.368 e. The van der Waals surface area contributed by atoms with E-state index in [-0.39, 0.29) is 23.2 Å². The number of piperidine rings is 1. The van der Waals surface area contributed by atoms with Gasteiger partial charge in [0.2, 0.25) is 5.24 Å². The fraction of sp³-hybridized carbons (Fsp3) is 0.818. The molecule has 2 saturated heterocycles. The van der Waals surface area contributed by atoms with Crippen molar-refractivity contribution in [2.75, 3.05) is 19.7 Å². The molecule has 2 rings (SSSR count). The molecule has 0 bridgehead atoms. The highest BCUT2D eigenvalue weighted by atomic mass is 35.5. The third-order valence-electron chi connectivity index (χ3n) is 3.33. The summed E-state index contributed by atoms with van der Waals surface area (Å²) < 4.78 is 5.36. The average Bonchev–Trinajstić information content (AvgIpc) is 2.81. The summed E-state index contributed by atoms with van der Waals surface area (Å²) in [6.45, 7) is 1.94. The fourth-order valence-electron chi connectivity index (χ4n) is 2.30. The maximum atomic E-state index is 12.0. The number of carbonyl (C=O) groups excluding carboxylic acids is 2. The maximum absolute atomic E-state index is 12.0. The second kappa shape index (κ2) is 5.15. The lowest BCUT2D eigenvalue weighted by atomic mass is 9.98. The third kappa shape index (κ3) is 2.55. The summed E-state index contributed by atoms with van der Waals surface area (Å²) in [5.41, 5.74) is 0. The van der Waals surface area contributed by atoms with Gasteiger partial charge in [-0.1, -0.05) is 0 Å². The second-order valence-corrected chi connectivity index (χ2v) is 4.78. The number of carbonyl (C=O) groups is 2. The predicted octanol–water partition coefficient (Wildman–Crippen LogP) is 1.17. The van der Waals surface area contributed by atoms with Gasteiger partial charge in [0.05, 0.1) is 0 Å². The van der Waals surface area contributed by atoms with Gasteiger partial charge in [-0.15, -0.1) is 0 Å². The van der Waals surface area contributed by atoms with E-state index in [2.05, 4.69) is 0 Å². The van der Waals surface area contributed by atoms with Crippen molar-refractivity contribution in [3.8, 4) is 0 Å². The molecule has 5 heteroatoms. The van der Waals surface area contributed by atoms with Gasteiger partial charge < -0.3 is 9.64 Å². The molecule has 90 valence electrons. The molecule has 0 spiro atoms. The Morgan fingerprint density at radius 2 is 1.88 bits per heavy atom. The molecule has 2 fully saturated rings. The highest BCUT2D eigenvalue weighted by Crippen LogP contribution is 2.22. The summed E-state index contributed by atoms with van der Waals surface area (Å²) in [6, 6.07) is 0. The van der Waals surface area contributed by atoms with Gasteiger partial charge in [0, 0.05) is 25.6 Å².